The zero-order chi connectivity index (χ0) is 11.8. The number of ether oxygens (including phenoxy) is 4. The first-order valence-electron chi connectivity index (χ1n) is 5.96. The fraction of sp³-hybridized carbons (Fsp3) is 0.778. The van der Waals surface area contributed by atoms with Gasteiger partial charge in [-0.1, -0.05) is 0 Å². The highest BCUT2D eigenvalue weighted by molar-refractivity contribution is 4.98. The van der Waals surface area contributed by atoms with E-state index in [1.807, 2.05) is 0 Å². The minimum atomic E-state index is -0.473. The Labute approximate surface area is 82.6 Å². The number of hydrogen-bond donors (Lipinski definition) is 0. The maximum Gasteiger partial charge on any atom is 0.150 e. The van der Waals surface area contributed by atoms with Crippen molar-refractivity contribution >= 4 is 0 Å². The third kappa shape index (κ3) is 2.43. The molecule has 13 heavy (non-hydrogen) atoms. The van der Waals surface area contributed by atoms with Gasteiger partial charge in [0.1, 0.15) is 18.3 Å². The summed E-state index contributed by atoms with van der Waals surface area (Å²) < 4.78 is 41.5. The van der Waals surface area contributed by atoms with Crippen molar-refractivity contribution in [1.82, 2.24) is 0 Å². The molecule has 76 valence electrons. The highest BCUT2D eigenvalue weighted by Crippen LogP contribution is 2.17. The Bertz CT molecular complexity index is 215. The molecule has 0 unspecified atom stereocenters. The third-order valence-corrected chi connectivity index (χ3v) is 1.88. The molecule has 0 aromatic carbocycles. The standard InChI is InChI=1S/C9H16O4/c1-10-6-8-9(12-3)7(11-2)4-5-13-8/h4-5,7-9H,6H2,1-3H3/t7-,8-,9+/m1/s1/i1D,2D,3D. The molecule has 0 aliphatic carbocycles. The predicted molar refractivity (Wildman–Crippen MR) is 47.5 cm³/mol. The molecule has 0 N–H and O–H groups in total. The molecule has 1 heterocycles. The van der Waals surface area contributed by atoms with Gasteiger partial charge < -0.3 is 18.9 Å². The Morgan fingerprint density at radius 1 is 1.38 bits per heavy atom. The highest BCUT2D eigenvalue weighted by atomic mass is 16.6. The molecule has 1 aliphatic rings. The SMILES string of the molecule is [2H]COC[C@H]1OC=C[C@@H](OC[2H])[C@@H]1OC[2H]. The van der Waals surface area contributed by atoms with E-state index in [-0.39, 0.29) is 27.9 Å². The summed E-state index contributed by atoms with van der Waals surface area (Å²) in [5.41, 5.74) is 0. The Morgan fingerprint density at radius 2 is 2.31 bits per heavy atom. The van der Waals surface area contributed by atoms with Crippen LogP contribution in [0.5, 0.6) is 0 Å². The van der Waals surface area contributed by atoms with Crippen molar-refractivity contribution in [3.05, 3.63) is 12.3 Å². The van der Waals surface area contributed by atoms with Gasteiger partial charge in [-0.3, -0.25) is 0 Å². The van der Waals surface area contributed by atoms with Crippen LogP contribution in [0, 0.1) is 0 Å². The van der Waals surface area contributed by atoms with E-state index in [4.69, 9.17) is 23.1 Å². The summed E-state index contributed by atoms with van der Waals surface area (Å²) >= 11 is 0. The maximum absolute atomic E-state index is 7.05. The molecule has 0 saturated heterocycles. The molecule has 4 nitrogen and oxygen atoms in total. The summed E-state index contributed by atoms with van der Waals surface area (Å²) in [5, 5.41) is 0. The van der Waals surface area contributed by atoms with Crippen molar-refractivity contribution in [3.8, 4) is 0 Å². The van der Waals surface area contributed by atoms with Gasteiger partial charge in [-0.25, -0.2) is 0 Å². The van der Waals surface area contributed by atoms with Gasteiger partial charge in [0.2, 0.25) is 0 Å². The fourth-order valence-electron chi connectivity index (χ4n) is 1.23. The van der Waals surface area contributed by atoms with Crippen LogP contribution in [-0.4, -0.2) is 46.2 Å². The average molecular weight is 191 g/mol. The molecular formula is C9H16O4. The van der Waals surface area contributed by atoms with Crippen molar-refractivity contribution < 1.29 is 23.1 Å². The molecule has 0 spiro atoms. The summed E-state index contributed by atoms with van der Waals surface area (Å²) in [6, 6.07) is 0. The summed E-state index contributed by atoms with van der Waals surface area (Å²) in [6.07, 6.45) is 1.83. The monoisotopic (exact) mass is 191 g/mol. The molecule has 3 atom stereocenters. The number of methoxy groups -OCH3 is 3. The largest absolute Gasteiger partial charge is 0.493 e. The summed E-state index contributed by atoms with van der Waals surface area (Å²) in [4.78, 5) is 0. The lowest BCUT2D eigenvalue weighted by molar-refractivity contribution is -0.113. The van der Waals surface area contributed by atoms with Crippen LogP contribution < -0.4 is 0 Å². The third-order valence-electron chi connectivity index (χ3n) is 1.88. The van der Waals surface area contributed by atoms with Gasteiger partial charge in [-0.2, -0.15) is 0 Å². The van der Waals surface area contributed by atoms with Crippen LogP contribution in [0.3, 0.4) is 0 Å². The van der Waals surface area contributed by atoms with Crippen LogP contribution in [0.2, 0.25) is 0 Å². The van der Waals surface area contributed by atoms with Crippen LogP contribution >= 0.6 is 0 Å². The molecule has 0 radical (unpaired) electrons. The van der Waals surface area contributed by atoms with Gasteiger partial charge in [0.15, 0.2) is 0 Å². The van der Waals surface area contributed by atoms with E-state index < -0.39 is 18.3 Å². The van der Waals surface area contributed by atoms with Crippen LogP contribution in [-0.2, 0) is 18.9 Å². The van der Waals surface area contributed by atoms with E-state index in [2.05, 4.69) is 0 Å². The van der Waals surface area contributed by atoms with E-state index in [1.54, 1.807) is 6.08 Å². The van der Waals surface area contributed by atoms with Gasteiger partial charge in [-0.15, -0.1) is 0 Å². The van der Waals surface area contributed by atoms with Crippen molar-refractivity contribution in [2.75, 3.05) is 27.9 Å². The number of hydrogen-bond acceptors (Lipinski definition) is 4. The Morgan fingerprint density at radius 3 is 3.08 bits per heavy atom. The molecule has 1 aliphatic heterocycles. The smallest absolute Gasteiger partial charge is 0.150 e. The highest BCUT2D eigenvalue weighted by Gasteiger charge is 2.32. The normalized spacial score (nSPS) is 36.0. The first-order valence-corrected chi connectivity index (χ1v) is 3.84. The summed E-state index contributed by atoms with van der Waals surface area (Å²) in [5.74, 6) is 0. The van der Waals surface area contributed by atoms with Crippen molar-refractivity contribution in [2.45, 2.75) is 18.3 Å². The molecule has 0 aromatic heterocycles. The van der Waals surface area contributed by atoms with E-state index >= 15 is 0 Å². The molecule has 0 fully saturated rings. The minimum absolute atomic E-state index is 0.152. The molecule has 1 rings (SSSR count). The van der Waals surface area contributed by atoms with E-state index in [0.717, 1.165) is 0 Å². The Kier molecular flexibility index (Phi) is 2.73. The van der Waals surface area contributed by atoms with E-state index in [1.165, 1.54) is 6.26 Å². The maximum atomic E-state index is 7.05. The molecule has 0 amide bonds. The van der Waals surface area contributed by atoms with E-state index in [0.29, 0.717) is 0 Å². The lowest BCUT2D eigenvalue weighted by Gasteiger charge is -2.32. The van der Waals surface area contributed by atoms with E-state index in [9.17, 15) is 0 Å². The Hall–Kier alpha value is -0.580. The zero-order valence-corrected chi connectivity index (χ0v) is 7.35. The van der Waals surface area contributed by atoms with Crippen molar-refractivity contribution in [3.63, 3.8) is 0 Å². The topological polar surface area (TPSA) is 36.9 Å². The van der Waals surface area contributed by atoms with Gasteiger partial charge in [0.05, 0.1) is 17.0 Å². The average Bonchev–Trinajstić information content (AvgIpc) is 2.30. The van der Waals surface area contributed by atoms with Crippen LogP contribution in [0.25, 0.3) is 0 Å². The van der Waals surface area contributed by atoms with Crippen LogP contribution in [0.4, 0.5) is 0 Å². The molecule has 0 bridgehead atoms. The van der Waals surface area contributed by atoms with Gasteiger partial charge in [0, 0.05) is 21.3 Å². The Balaban J connectivity index is 2.57. The quantitative estimate of drug-likeness (QED) is 0.651. The second-order valence-corrected chi connectivity index (χ2v) is 2.64. The molecule has 0 saturated carbocycles. The predicted octanol–water partition coefficient (Wildman–Crippen LogP) is 0.575. The first-order chi connectivity index (χ1) is 7.83. The van der Waals surface area contributed by atoms with Crippen molar-refractivity contribution in [2.24, 2.45) is 0 Å². The second kappa shape index (κ2) is 5.21. The zero-order valence-electron chi connectivity index (χ0n) is 10.3. The van der Waals surface area contributed by atoms with Crippen LogP contribution in [0.1, 0.15) is 4.11 Å². The second-order valence-electron chi connectivity index (χ2n) is 2.64. The summed E-state index contributed by atoms with van der Waals surface area (Å²) in [7, 11) is -0.545. The van der Waals surface area contributed by atoms with Gasteiger partial charge in [-0.05, 0) is 6.08 Å². The fourth-order valence-corrected chi connectivity index (χ4v) is 1.23. The van der Waals surface area contributed by atoms with Gasteiger partial charge >= 0.3 is 0 Å². The molecular weight excluding hydrogens is 172 g/mol. The van der Waals surface area contributed by atoms with Crippen molar-refractivity contribution in [1.29, 1.82) is 0 Å². The lowest BCUT2D eigenvalue weighted by atomic mass is 10.1. The summed E-state index contributed by atoms with van der Waals surface area (Å²) in [6.45, 7) is 0.205. The van der Waals surface area contributed by atoms with Crippen LogP contribution in [0.15, 0.2) is 12.3 Å². The lowest BCUT2D eigenvalue weighted by Crippen LogP contribution is -2.44. The van der Waals surface area contributed by atoms with Gasteiger partial charge in [0.25, 0.3) is 0 Å². The molecule has 0 aromatic rings. The number of rotatable bonds is 4. The first kappa shape index (κ1) is 6.81. The molecule has 4 heteroatoms. The minimum Gasteiger partial charge on any atom is -0.493 e.